The largest absolute Gasteiger partial charge is 0.288 e. The average molecular weight is 222 g/mol. The Morgan fingerprint density at radius 1 is 1.12 bits per heavy atom. The normalized spacial score (nSPS) is 16.8. The van der Waals surface area contributed by atoms with E-state index in [1.54, 1.807) is 0 Å². The number of hydrogen-bond donors (Lipinski definition) is 0. The van der Waals surface area contributed by atoms with Crippen molar-refractivity contribution >= 4 is 0 Å². The van der Waals surface area contributed by atoms with E-state index in [1.165, 1.54) is 57.8 Å². The summed E-state index contributed by atoms with van der Waals surface area (Å²) in [5.41, 5.74) is 0. The van der Waals surface area contributed by atoms with Gasteiger partial charge >= 0.3 is 0 Å². The minimum Gasteiger partial charge on any atom is -0.288 e. The lowest BCUT2D eigenvalue weighted by atomic mass is 10.1. The van der Waals surface area contributed by atoms with E-state index in [0.29, 0.717) is 12.6 Å². The van der Waals surface area contributed by atoms with E-state index in [1.807, 2.05) is 0 Å². The molecule has 0 N–H and O–H groups in total. The first-order valence-corrected chi connectivity index (χ1v) is 6.99. The van der Waals surface area contributed by atoms with Crippen LogP contribution < -0.4 is 0 Å². The van der Waals surface area contributed by atoms with Gasteiger partial charge in [0.05, 0.1) is 12.6 Å². The third kappa shape index (κ3) is 4.99. The molecular formula is C14H26N2. The molecule has 2 nitrogen and oxygen atoms in total. The van der Waals surface area contributed by atoms with Crippen molar-refractivity contribution in [3.63, 3.8) is 0 Å². The van der Waals surface area contributed by atoms with E-state index in [2.05, 4.69) is 17.9 Å². The minimum atomic E-state index is 0.637. The zero-order valence-corrected chi connectivity index (χ0v) is 10.7. The lowest BCUT2D eigenvalue weighted by Crippen LogP contribution is -2.34. The van der Waals surface area contributed by atoms with Gasteiger partial charge in [0.2, 0.25) is 0 Å². The summed E-state index contributed by atoms with van der Waals surface area (Å²) < 4.78 is 0. The van der Waals surface area contributed by atoms with Crippen molar-refractivity contribution < 1.29 is 0 Å². The maximum absolute atomic E-state index is 8.85. The first-order chi connectivity index (χ1) is 7.88. The highest BCUT2D eigenvalue weighted by Crippen LogP contribution is 2.23. The molecule has 1 fully saturated rings. The van der Waals surface area contributed by atoms with Crippen LogP contribution in [0.2, 0.25) is 0 Å². The summed E-state index contributed by atoms with van der Waals surface area (Å²) >= 11 is 0. The lowest BCUT2D eigenvalue weighted by molar-refractivity contribution is 0.218. The van der Waals surface area contributed by atoms with Crippen molar-refractivity contribution in [3.8, 4) is 6.07 Å². The predicted molar refractivity (Wildman–Crippen MR) is 68.2 cm³/mol. The van der Waals surface area contributed by atoms with Crippen LogP contribution in [0.15, 0.2) is 0 Å². The van der Waals surface area contributed by atoms with Crippen molar-refractivity contribution in [1.29, 1.82) is 5.26 Å². The molecule has 0 aromatic rings. The van der Waals surface area contributed by atoms with Crippen LogP contribution in [0.25, 0.3) is 0 Å². The van der Waals surface area contributed by atoms with Crippen LogP contribution in [0.4, 0.5) is 0 Å². The molecule has 0 bridgehead atoms. The molecule has 0 aliphatic heterocycles. The molecule has 2 heteroatoms. The van der Waals surface area contributed by atoms with Gasteiger partial charge in [-0.15, -0.1) is 0 Å². The van der Waals surface area contributed by atoms with Crippen LogP contribution in [0.5, 0.6) is 0 Å². The number of rotatable bonds is 8. The molecule has 0 amide bonds. The number of nitrogens with zero attached hydrogens (tertiary/aromatic N) is 2. The molecule has 0 heterocycles. The fourth-order valence-corrected chi connectivity index (χ4v) is 2.67. The van der Waals surface area contributed by atoms with E-state index >= 15 is 0 Å². The SMILES string of the molecule is CCCCCCCN(CC#N)C1CCCC1. The van der Waals surface area contributed by atoms with Crippen molar-refractivity contribution in [2.75, 3.05) is 13.1 Å². The van der Waals surface area contributed by atoms with Crippen molar-refractivity contribution in [1.82, 2.24) is 4.90 Å². The number of unbranched alkanes of at least 4 members (excludes halogenated alkanes) is 4. The fraction of sp³-hybridized carbons (Fsp3) is 0.929. The lowest BCUT2D eigenvalue weighted by Gasteiger charge is -2.25. The van der Waals surface area contributed by atoms with Crippen LogP contribution in [-0.4, -0.2) is 24.0 Å². The summed E-state index contributed by atoms with van der Waals surface area (Å²) in [5.74, 6) is 0. The van der Waals surface area contributed by atoms with Gasteiger partial charge in [-0.1, -0.05) is 45.4 Å². The highest BCUT2D eigenvalue weighted by molar-refractivity contribution is 4.84. The summed E-state index contributed by atoms with van der Waals surface area (Å²) in [5, 5.41) is 8.85. The Bertz CT molecular complexity index is 201. The molecule has 1 aliphatic carbocycles. The fourth-order valence-electron chi connectivity index (χ4n) is 2.67. The molecule has 0 radical (unpaired) electrons. The predicted octanol–water partition coefficient (Wildman–Crippen LogP) is 3.72. The van der Waals surface area contributed by atoms with Gasteiger partial charge in [0.25, 0.3) is 0 Å². The topological polar surface area (TPSA) is 27.0 Å². The molecule has 1 saturated carbocycles. The molecule has 0 saturated heterocycles. The van der Waals surface area contributed by atoms with Crippen molar-refractivity contribution in [3.05, 3.63) is 0 Å². The summed E-state index contributed by atoms with van der Waals surface area (Å²) in [6.45, 7) is 4.03. The van der Waals surface area contributed by atoms with Gasteiger partial charge in [-0.3, -0.25) is 4.90 Å². The summed E-state index contributed by atoms with van der Waals surface area (Å²) in [6.07, 6.45) is 12.0. The van der Waals surface area contributed by atoms with Crippen LogP contribution in [0, 0.1) is 11.3 Å². The second-order valence-corrected chi connectivity index (χ2v) is 4.98. The van der Waals surface area contributed by atoms with Gasteiger partial charge in [-0.05, 0) is 25.8 Å². The van der Waals surface area contributed by atoms with Gasteiger partial charge in [0, 0.05) is 6.04 Å². The van der Waals surface area contributed by atoms with Crippen LogP contribution in [0.1, 0.15) is 64.7 Å². The molecule has 0 atom stereocenters. The summed E-state index contributed by atoms with van der Waals surface area (Å²) in [7, 11) is 0. The van der Waals surface area contributed by atoms with E-state index in [0.717, 1.165) is 6.54 Å². The van der Waals surface area contributed by atoms with Crippen molar-refractivity contribution in [2.45, 2.75) is 70.8 Å². The Balaban J connectivity index is 2.15. The third-order valence-corrected chi connectivity index (χ3v) is 3.66. The Hall–Kier alpha value is -0.550. The molecule has 0 aromatic carbocycles. The zero-order chi connectivity index (χ0) is 11.6. The summed E-state index contributed by atoms with van der Waals surface area (Å²) in [4.78, 5) is 2.42. The molecular weight excluding hydrogens is 196 g/mol. The average Bonchev–Trinajstić information content (AvgIpc) is 2.81. The van der Waals surface area contributed by atoms with Gasteiger partial charge in [0.15, 0.2) is 0 Å². The quantitative estimate of drug-likeness (QED) is 0.462. The van der Waals surface area contributed by atoms with E-state index in [4.69, 9.17) is 5.26 Å². The Kier molecular flexibility index (Phi) is 7.25. The van der Waals surface area contributed by atoms with Gasteiger partial charge < -0.3 is 0 Å². The molecule has 0 aromatic heterocycles. The molecule has 1 aliphatic rings. The van der Waals surface area contributed by atoms with E-state index < -0.39 is 0 Å². The Labute approximate surface area is 101 Å². The van der Waals surface area contributed by atoms with Crippen LogP contribution in [-0.2, 0) is 0 Å². The van der Waals surface area contributed by atoms with Gasteiger partial charge in [-0.25, -0.2) is 0 Å². The first-order valence-electron chi connectivity index (χ1n) is 6.99. The molecule has 0 unspecified atom stereocenters. The maximum Gasteiger partial charge on any atom is 0.0868 e. The second-order valence-electron chi connectivity index (χ2n) is 4.98. The number of hydrogen-bond acceptors (Lipinski definition) is 2. The van der Waals surface area contributed by atoms with Gasteiger partial charge in [0.1, 0.15) is 0 Å². The highest BCUT2D eigenvalue weighted by atomic mass is 15.1. The van der Waals surface area contributed by atoms with Gasteiger partial charge in [-0.2, -0.15) is 5.26 Å². The standard InChI is InChI=1S/C14H26N2/c1-2-3-4-5-8-12-16(13-11-15)14-9-6-7-10-14/h14H,2-10,12-13H2,1H3. The number of nitriles is 1. The second kappa shape index (κ2) is 8.58. The third-order valence-electron chi connectivity index (χ3n) is 3.66. The Morgan fingerprint density at radius 3 is 2.44 bits per heavy atom. The molecule has 92 valence electrons. The first kappa shape index (κ1) is 13.5. The highest BCUT2D eigenvalue weighted by Gasteiger charge is 2.21. The van der Waals surface area contributed by atoms with Crippen LogP contribution in [0.3, 0.4) is 0 Å². The summed E-state index contributed by atoms with van der Waals surface area (Å²) in [6, 6.07) is 3.04. The maximum atomic E-state index is 8.85. The van der Waals surface area contributed by atoms with Crippen LogP contribution >= 0.6 is 0 Å². The zero-order valence-electron chi connectivity index (χ0n) is 10.7. The molecule has 0 spiro atoms. The molecule has 16 heavy (non-hydrogen) atoms. The molecule has 1 rings (SSSR count). The van der Waals surface area contributed by atoms with E-state index in [-0.39, 0.29) is 0 Å². The monoisotopic (exact) mass is 222 g/mol. The van der Waals surface area contributed by atoms with Crippen molar-refractivity contribution in [2.24, 2.45) is 0 Å². The van der Waals surface area contributed by atoms with E-state index in [9.17, 15) is 0 Å². The Morgan fingerprint density at radius 2 is 1.81 bits per heavy atom. The smallest absolute Gasteiger partial charge is 0.0868 e. The minimum absolute atomic E-state index is 0.637.